The van der Waals surface area contributed by atoms with Gasteiger partial charge in [0.2, 0.25) is 0 Å². The lowest BCUT2D eigenvalue weighted by atomic mass is 9.86. The number of rotatable bonds is 2. The highest BCUT2D eigenvalue weighted by Crippen LogP contribution is 2.39. The number of hydrogen-bond donors (Lipinski definition) is 0. The van der Waals surface area contributed by atoms with E-state index in [-0.39, 0.29) is 10.8 Å². The van der Waals surface area contributed by atoms with Gasteiger partial charge < -0.3 is 0 Å². The summed E-state index contributed by atoms with van der Waals surface area (Å²) in [5.74, 6) is 0. The van der Waals surface area contributed by atoms with Gasteiger partial charge in [-0.2, -0.15) is 0 Å². The van der Waals surface area contributed by atoms with Gasteiger partial charge in [-0.25, -0.2) is 0 Å². The molecule has 0 aliphatic carbocycles. The molecule has 0 nitrogen and oxygen atoms in total. The van der Waals surface area contributed by atoms with E-state index in [4.69, 9.17) is 11.6 Å². The first-order valence-corrected chi connectivity index (χ1v) is 8.34. The summed E-state index contributed by atoms with van der Waals surface area (Å²) in [6.07, 6.45) is 0. The molecule has 0 saturated carbocycles. The van der Waals surface area contributed by atoms with E-state index in [1.165, 1.54) is 15.3 Å². The summed E-state index contributed by atoms with van der Waals surface area (Å²) in [6, 6.07) is 10.8. The molecule has 0 aliphatic rings. The van der Waals surface area contributed by atoms with E-state index >= 15 is 0 Å². The zero-order valence-corrected chi connectivity index (χ0v) is 14.8. The maximum Gasteiger partial charge on any atom is 0.0939 e. The quantitative estimate of drug-likeness (QED) is 0.542. The highest BCUT2D eigenvalue weighted by molar-refractivity contribution is 9.10. The first-order chi connectivity index (χ1) is 8.79. The number of halogens is 2. The molecule has 1 atom stereocenters. The van der Waals surface area contributed by atoms with Crippen molar-refractivity contribution in [2.75, 3.05) is 0 Å². The first kappa shape index (κ1) is 15.1. The summed E-state index contributed by atoms with van der Waals surface area (Å²) in [7, 11) is 0. The molecular weight excluding hydrogens is 340 g/mol. The second kappa shape index (κ2) is 5.59. The van der Waals surface area contributed by atoms with Gasteiger partial charge in [-0.05, 0) is 45.5 Å². The van der Waals surface area contributed by atoms with Crippen LogP contribution in [0.3, 0.4) is 0 Å². The molecule has 1 unspecified atom stereocenters. The molecule has 1 aromatic heterocycles. The van der Waals surface area contributed by atoms with Gasteiger partial charge in [-0.15, -0.1) is 22.9 Å². The molecule has 0 aliphatic heterocycles. The van der Waals surface area contributed by atoms with Crippen molar-refractivity contribution in [2.24, 2.45) is 0 Å². The van der Waals surface area contributed by atoms with Crippen molar-refractivity contribution in [3.63, 3.8) is 0 Å². The Morgan fingerprint density at radius 1 is 1.16 bits per heavy atom. The molecule has 0 radical (unpaired) electrons. The van der Waals surface area contributed by atoms with Crippen molar-refractivity contribution in [1.82, 2.24) is 0 Å². The van der Waals surface area contributed by atoms with Crippen LogP contribution in [-0.4, -0.2) is 0 Å². The Bertz CT molecular complexity index is 563. The van der Waals surface area contributed by atoms with Crippen molar-refractivity contribution >= 4 is 38.9 Å². The topological polar surface area (TPSA) is 0 Å². The fourth-order valence-electron chi connectivity index (χ4n) is 1.98. The van der Waals surface area contributed by atoms with Gasteiger partial charge in [-0.1, -0.05) is 45.0 Å². The molecule has 1 aromatic carbocycles. The Kier molecular flexibility index (Phi) is 4.44. The van der Waals surface area contributed by atoms with Crippen molar-refractivity contribution in [2.45, 2.75) is 38.5 Å². The zero-order chi connectivity index (χ0) is 14.2. The van der Waals surface area contributed by atoms with Crippen LogP contribution in [0.2, 0.25) is 0 Å². The van der Waals surface area contributed by atoms with Crippen LogP contribution in [0, 0.1) is 6.92 Å². The summed E-state index contributed by atoms with van der Waals surface area (Å²) >= 11 is 11.9. The lowest BCUT2D eigenvalue weighted by Crippen LogP contribution is -2.10. The van der Waals surface area contributed by atoms with Crippen LogP contribution in [0.15, 0.2) is 34.8 Å². The fraction of sp³-hybridized carbons (Fsp3) is 0.375. The SMILES string of the molecule is Cc1cc(Br)c(C(Cl)c2ccc(C(C)(C)C)cc2)s1. The fourth-order valence-corrected chi connectivity index (χ4v) is 4.39. The lowest BCUT2D eigenvalue weighted by molar-refractivity contribution is 0.590. The third-order valence-electron chi connectivity index (χ3n) is 3.14. The minimum absolute atomic E-state index is 0.0814. The molecule has 102 valence electrons. The van der Waals surface area contributed by atoms with Crippen LogP contribution in [-0.2, 0) is 5.41 Å². The lowest BCUT2D eigenvalue weighted by Gasteiger charge is -2.19. The number of thiophene rings is 1. The van der Waals surface area contributed by atoms with E-state index < -0.39 is 0 Å². The Hall–Kier alpha value is -0.310. The third-order valence-corrected chi connectivity index (χ3v) is 5.77. The van der Waals surface area contributed by atoms with Gasteiger partial charge in [-0.3, -0.25) is 0 Å². The average molecular weight is 358 g/mol. The van der Waals surface area contributed by atoms with E-state index in [0.717, 1.165) is 10.0 Å². The summed E-state index contributed by atoms with van der Waals surface area (Å²) in [4.78, 5) is 2.46. The van der Waals surface area contributed by atoms with Crippen molar-refractivity contribution < 1.29 is 0 Å². The largest absolute Gasteiger partial charge is 0.143 e. The summed E-state index contributed by atoms with van der Waals surface area (Å²) in [5.41, 5.74) is 2.67. The molecular formula is C16H18BrClS. The van der Waals surface area contributed by atoms with Crippen LogP contribution in [0.25, 0.3) is 0 Å². The van der Waals surface area contributed by atoms with Crippen LogP contribution in [0.4, 0.5) is 0 Å². The Labute approximate surface area is 132 Å². The molecule has 0 N–H and O–H groups in total. The molecule has 19 heavy (non-hydrogen) atoms. The van der Waals surface area contributed by atoms with Gasteiger partial charge >= 0.3 is 0 Å². The molecule has 0 fully saturated rings. The van der Waals surface area contributed by atoms with Gasteiger partial charge in [0.05, 0.1) is 5.38 Å². The number of hydrogen-bond acceptors (Lipinski definition) is 1. The first-order valence-electron chi connectivity index (χ1n) is 6.29. The molecule has 2 aromatic rings. The average Bonchev–Trinajstić information content (AvgIpc) is 2.66. The third kappa shape index (κ3) is 3.42. The van der Waals surface area contributed by atoms with E-state index in [1.807, 2.05) is 0 Å². The Balaban J connectivity index is 2.30. The number of benzene rings is 1. The van der Waals surface area contributed by atoms with Crippen molar-refractivity contribution in [3.05, 3.63) is 55.7 Å². The van der Waals surface area contributed by atoms with Crippen molar-refractivity contribution in [3.8, 4) is 0 Å². The maximum atomic E-state index is 6.60. The van der Waals surface area contributed by atoms with Crippen molar-refractivity contribution in [1.29, 1.82) is 0 Å². The predicted octanol–water partition coefficient (Wildman–Crippen LogP) is 6.44. The van der Waals surface area contributed by atoms with E-state index in [0.29, 0.717) is 0 Å². The number of aryl methyl sites for hydroxylation is 1. The molecule has 1 heterocycles. The van der Waals surface area contributed by atoms with Crippen LogP contribution < -0.4 is 0 Å². The molecule has 0 bridgehead atoms. The highest BCUT2D eigenvalue weighted by Gasteiger charge is 2.18. The molecule has 0 spiro atoms. The molecule has 3 heteroatoms. The van der Waals surface area contributed by atoms with E-state index in [1.54, 1.807) is 11.3 Å². The molecule has 0 saturated heterocycles. The van der Waals surface area contributed by atoms with Crippen LogP contribution >= 0.6 is 38.9 Å². The normalized spacial score (nSPS) is 13.6. The molecule has 2 rings (SSSR count). The monoisotopic (exact) mass is 356 g/mol. The van der Waals surface area contributed by atoms with Crippen LogP contribution in [0.5, 0.6) is 0 Å². The summed E-state index contributed by atoms with van der Waals surface area (Å²) < 4.78 is 1.11. The van der Waals surface area contributed by atoms with Gasteiger partial charge in [0, 0.05) is 14.2 Å². The van der Waals surface area contributed by atoms with Gasteiger partial charge in [0.15, 0.2) is 0 Å². The Morgan fingerprint density at radius 2 is 1.74 bits per heavy atom. The standard InChI is InChI=1S/C16H18BrClS/c1-10-9-13(17)15(19-10)14(18)11-5-7-12(8-6-11)16(2,3)4/h5-9,14H,1-4H3. The highest BCUT2D eigenvalue weighted by atomic mass is 79.9. The minimum atomic E-state index is -0.0814. The van der Waals surface area contributed by atoms with Gasteiger partial charge in [0.1, 0.15) is 0 Å². The number of alkyl halides is 1. The molecule has 0 amide bonds. The minimum Gasteiger partial charge on any atom is -0.143 e. The second-order valence-electron chi connectivity index (χ2n) is 5.80. The maximum absolute atomic E-state index is 6.60. The van der Waals surface area contributed by atoms with Crippen LogP contribution in [0.1, 0.15) is 47.0 Å². The van der Waals surface area contributed by atoms with E-state index in [2.05, 4.69) is 74.0 Å². The van der Waals surface area contributed by atoms with Gasteiger partial charge in [0.25, 0.3) is 0 Å². The smallest absolute Gasteiger partial charge is 0.0939 e. The Morgan fingerprint density at radius 3 is 2.16 bits per heavy atom. The summed E-state index contributed by atoms with van der Waals surface area (Å²) in [6.45, 7) is 8.77. The second-order valence-corrected chi connectivity index (χ2v) is 8.38. The zero-order valence-electron chi connectivity index (χ0n) is 11.6. The predicted molar refractivity (Wildman–Crippen MR) is 89.6 cm³/mol. The van der Waals surface area contributed by atoms with E-state index in [9.17, 15) is 0 Å². The summed E-state index contributed by atoms with van der Waals surface area (Å²) in [5, 5.41) is -0.0814.